The van der Waals surface area contributed by atoms with Gasteiger partial charge in [0.2, 0.25) is 0 Å². The van der Waals surface area contributed by atoms with Crippen LogP contribution in [0.25, 0.3) is 0 Å². The number of hydrogen-bond donors (Lipinski definition) is 0. The molecule has 3 aromatic rings. The highest BCUT2D eigenvalue weighted by Gasteiger charge is 2.52. The molecule has 0 N–H and O–H groups in total. The van der Waals surface area contributed by atoms with Gasteiger partial charge in [0.1, 0.15) is 6.29 Å². The van der Waals surface area contributed by atoms with Crippen LogP contribution in [0, 0.1) is 5.92 Å². The third-order valence-corrected chi connectivity index (χ3v) is 7.45. The van der Waals surface area contributed by atoms with Crippen LogP contribution in [0.15, 0.2) is 96.6 Å². The Morgan fingerprint density at radius 2 is 1.37 bits per heavy atom. The van der Waals surface area contributed by atoms with Gasteiger partial charge < -0.3 is 4.90 Å². The summed E-state index contributed by atoms with van der Waals surface area (Å²) in [7, 11) is 0. The van der Waals surface area contributed by atoms with E-state index in [4.69, 9.17) is 0 Å². The van der Waals surface area contributed by atoms with Crippen molar-refractivity contribution < 1.29 is 4.79 Å². The molecule has 2 aliphatic heterocycles. The normalized spacial score (nSPS) is 29.0. The highest BCUT2D eigenvalue weighted by Crippen LogP contribution is 2.59. The van der Waals surface area contributed by atoms with Crippen molar-refractivity contribution in [3.05, 3.63) is 113 Å². The molecule has 148 valence electrons. The summed E-state index contributed by atoms with van der Waals surface area (Å²) in [6, 6.07) is 30.7. The average Bonchev–Trinajstić information content (AvgIpc) is 3.16. The van der Waals surface area contributed by atoms with Crippen molar-refractivity contribution in [1.82, 2.24) is 0 Å². The molecule has 0 aromatic heterocycles. The summed E-state index contributed by atoms with van der Waals surface area (Å²) in [5.74, 6) is 1.33. The number of carbonyl (C=O) groups excluding carboxylic acids is 1. The zero-order chi connectivity index (χ0) is 20.1. The van der Waals surface area contributed by atoms with Gasteiger partial charge in [-0.1, -0.05) is 84.9 Å². The van der Waals surface area contributed by atoms with Gasteiger partial charge in [-0.05, 0) is 41.5 Å². The predicted octanol–water partition coefficient (Wildman–Crippen LogP) is 6.03. The molecule has 30 heavy (non-hydrogen) atoms. The van der Waals surface area contributed by atoms with E-state index in [2.05, 4.69) is 89.8 Å². The molecule has 1 saturated carbocycles. The van der Waals surface area contributed by atoms with Gasteiger partial charge in [0.05, 0.1) is 6.04 Å². The Bertz CT molecular complexity index is 1100. The van der Waals surface area contributed by atoms with E-state index in [-0.39, 0.29) is 6.04 Å². The number of anilines is 1. The van der Waals surface area contributed by atoms with Crippen molar-refractivity contribution in [3.8, 4) is 0 Å². The van der Waals surface area contributed by atoms with Crippen molar-refractivity contribution in [2.45, 2.75) is 36.8 Å². The number of hydrogen-bond acceptors (Lipinski definition) is 2. The first-order chi connectivity index (χ1) is 14.9. The average molecular weight is 392 g/mol. The van der Waals surface area contributed by atoms with Gasteiger partial charge in [-0.3, -0.25) is 4.79 Å². The summed E-state index contributed by atoms with van der Waals surface area (Å²) in [5.41, 5.74) is 6.27. The molecule has 2 heteroatoms. The zero-order valence-corrected chi connectivity index (χ0v) is 16.9. The minimum absolute atomic E-state index is 0.00868. The number of rotatable bonds is 3. The first-order valence-corrected chi connectivity index (χ1v) is 11.0. The number of aldehydes is 1. The van der Waals surface area contributed by atoms with Gasteiger partial charge in [0, 0.05) is 29.1 Å². The molecular weight excluding hydrogens is 366 g/mol. The summed E-state index contributed by atoms with van der Waals surface area (Å²) in [6.07, 6.45) is 5.78. The lowest BCUT2D eigenvalue weighted by Crippen LogP contribution is -2.49. The fourth-order valence-corrected chi connectivity index (χ4v) is 6.33. The summed E-state index contributed by atoms with van der Waals surface area (Å²) in [5, 5.41) is 0. The van der Waals surface area contributed by atoms with Crippen molar-refractivity contribution in [2.75, 3.05) is 4.90 Å². The van der Waals surface area contributed by atoms with Crippen molar-refractivity contribution >= 4 is 12.0 Å². The van der Waals surface area contributed by atoms with Crippen LogP contribution < -0.4 is 4.90 Å². The topological polar surface area (TPSA) is 20.3 Å². The van der Waals surface area contributed by atoms with Crippen LogP contribution in [0.3, 0.4) is 0 Å². The second kappa shape index (κ2) is 6.98. The van der Waals surface area contributed by atoms with Crippen LogP contribution in [0.1, 0.15) is 47.4 Å². The Balaban J connectivity index is 1.55. The summed E-state index contributed by atoms with van der Waals surface area (Å²) in [6.45, 7) is 0. The molecule has 5 atom stereocenters. The minimum atomic E-state index is -0.00868. The lowest BCUT2D eigenvalue weighted by atomic mass is 9.65. The summed E-state index contributed by atoms with van der Waals surface area (Å²) in [4.78, 5) is 14.9. The van der Waals surface area contributed by atoms with E-state index in [1.165, 1.54) is 28.8 Å². The maximum Gasteiger partial charge on any atom is 0.148 e. The van der Waals surface area contributed by atoms with Gasteiger partial charge in [-0.25, -0.2) is 0 Å². The monoisotopic (exact) mass is 391 g/mol. The number of carbonyl (C=O) groups is 1. The Morgan fingerprint density at radius 3 is 2.10 bits per heavy atom. The fourth-order valence-electron chi connectivity index (χ4n) is 6.33. The third kappa shape index (κ3) is 2.53. The lowest BCUT2D eigenvalue weighted by molar-refractivity contribution is -0.105. The Hall–Kier alpha value is -3.13. The number of nitrogens with zero attached hydrogens (tertiary/aromatic N) is 1. The van der Waals surface area contributed by atoms with Crippen LogP contribution in [-0.2, 0) is 4.79 Å². The van der Waals surface area contributed by atoms with E-state index in [1.807, 2.05) is 6.07 Å². The van der Waals surface area contributed by atoms with E-state index in [0.29, 0.717) is 23.8 Å². The summed E-state index contributed by atoms with van der Waals surface area (Å²) < 4.78 is 0. The smallest absolute Gasteiger partial charge is 0.148 e. The standard InChI is InChI=1S/C28H25NO/c30-18-21-17-25-22(19-9-3-1-4-10-19)15-16-24-23-13-7-8-14-26(23)29(28(24)25)27(21)20-11-5-2-6-12-20/h1-14,17-18,22,24-25,27-28H,15-16H2/t22-,24+,25-,27-,28-/m1/s1. The van der Waals surface area contributed by atoms with Gasteiger partial charge in [-0.15, -0.1) is 0 Å². The van der Waals surface area contributed by atoms with E-state index in [0.717, 1.165) is 18.3 Å². The summed E-state index contributed by atoms with van der Waals surface area (Å²) >= 11 is 0. The molecule has 0 radical (unpaired) electrons. The largest absolute Gasteiger partial charge is 0.356 e. The van der Waals surface area contributed by atoms with E-state index in [9.17, 15) is 4.79 Å². The molecule has 2 nitrogen and oxygen atoms in total. The van der Waals surface area contributed by atoms with Crippen molar-refractivity contribution in [3.63, 3.8) is 0 Å². The maximum atomic E-state index is 12.4. The molecule has 1 fully saturated rings. The van der Waals surface area contributed by atoms with Crippen LogP contribution >= 0.6 is 0 Å². The fraction of sp³-hybridized carbons (Fsp3) is 0.250. The Morgan fingerprint density at radius 1 is 0.733 bits per heavy atom. The van der Waals surface area contributed by atoms with Crippen molar-refractivity contribution in [2.24, 2.45) is 5.92 Å². The lowest BCUT2D eigenvalue weighted by Gasteiger charge is -2.49. The molecule has 6 rings (SSSR count). The molecule has 0 bridgehead atoms. The first-order valence-electron chi connectivity index (χ1n) is 11.0. The molecule has 1 aliphatic carbocycles. The molecular formula is C28H25NO. The van der Waals surface area contributed by atoms with Crippen LogP contribution in [-0.4, -0.2) is 12.3 Å². The molecule has 0 saturated heterocycles. The molecule has 3 aromatic carbocycles. The van der Waals surface area contributed by atoms with Crippen LogP contribution in [0.2, 0.25) is 0 Å². The van der Waals surface area contributed by atoms with Gasteiger partial charge in [0.15, 0.2) is 0 Å². The number of benzene rings is 3. The highest BCUT2D eigenvalue weighted by atomic mass is 16.1. The van der Waals surface area contributed by atoms with Gasteiger partial charge >= 0.3 is 0 Å². The van der Waals surface area contributed by atoms with Gasteiger partial charge in [-0.2, -0.15) is 0 Å². The van der Waals surface area contributed by atoms with E-state index < -0.39 is 0 Å². The third-order valence-electron chi connectivity index (χ3n) is 7.45. The molecule has 0 unspecified atom stereocenters. The van der Waals surface area contributed by atoms with E-state index in [1.54, 1.807) is 0 Å². The zero-order valence-electron chi connectivity index (χ0n) is 16.9. The van der Waals surface area contributed by atoms with Crippen LogP contribution in [0.4, 0.5) is 5.69 Å². The quantitative estimate of drug-likeness (QED) is 0.508. The molecule has 0 spiro atoms. The molecule has 3 aliphatic rings. The highest BCUT2D eigenvalue weighted by molar-refractivity contribution is 5.81. The van der Waals surface area contributed by atoms with E-state index >= 15 is 0 Å². The molecule has 0 amide bonds. The predicted molar refractivity (Wildman–Crippen MR) is 121 cm³/mol. The second-order valence-corrected chi connectivity index (χ2v) is 8.83. The maximum absolute atomic E-state index is 12.4. The Kier molecular flexibility index (Phi) is 4.12. The van der Waals surface area contributed by atoms with Gasteiger partial charge in [0.25, 0.3) is 0 Å². The number of fused-ring (bicyclic) bond motifs is 3. The SMILES string of the molecule is O=CC1=C[C@H]2[C@H]3[C@@H](CC[C@@H]2c2ccccc2)c2ccccc2N3[C@@H]1c1ccccc1. The van der Waals surface area contributed by atoms with Crippen LogP contribution in [0.5, 0.6) is 0 Å². The Labute approximate surface area is 177 Å². The second-order valence-electron chi connectivity index (χ2n) is 8.83. The first kappa shape index (κ1) is 17.7. The van der Waals surface area contributed by atoms with Crippen molar-refractivity contribution in [1.29, 1.82) is 0 Å². The minimum Gasteiger partial charge on any atom is -0.356 e. The molecule has 2 heterocycles. The number of para-hydroxylation sites is 1.